The zero-order chi connectivity index (χ0) is 13.1. The van der Waals surface area contributed by atoms with Crippen LogP contribution in [0.3, 0.4) is 0 Å². The summed E-state index contributed by atoms with van der Waals surface area (Å²) in [6, 6.07) is 6.78. The molecule has 1 aliphatic heterocycles. The molecule has 0 aliphatic carbocycles. The Morgan fingerprint density at radius 3 is 2.89 bits per heavy atom. The lowest BCUT2D eigenvalue weighted by atomic mass is 10.2. The van der Waals surface area contributed by atoms with Crippen molar-refractivity contribution in [2.75, 3.05) is 31.6 Å². The van der Waals surface area contributed by atoms with Crippen LogP contribution >= 0.6 is 11.6 Å². The molecule has 1 heterocycles. The van der Waals surface area contributed by atoms with Crippen molar-refractivity contribution < 1.29 is 9.90 Å². The van der Waals surface area contributed by atoms with E-state index in [1.165, 1.54) is 0 Å². The number of rotatable bonds is 2. The molecule has 1 N–H and O–H groups in total. The summed E-state index contributed by atoms with van der Waals surface area (Å²) < 4.78 is 0. The van der Waals surface area contributed by atoms with Gasteiger partial charge in [-0.05, 0) is 31.7 Å². The average Bonchev–Trinajstić information content (AvgIpc) is 2.48. The van der Waals surface area contributed by atoms with E-state index >= 15 is 0 Å². The van der Waals surface area contributed by atoms with Crippen molar-refractivity contribution in [3.05, 3.63) is 29.3 Å². The fraction of sp³-hybridized carbons (Fsp3) is 0.462. The van der Waals surface area contributed by atoms with Crippen molar-refractivity contribution in [1.82, 2.24) is 4.90 Å². The van der Waals surface area contributed by atoms with Gasteiger partial charge in [0, 0.05) is 23.8 Å². The summed E-state index contributed by atoms with van der Waals surface area (Å²) in [7, 11) is 1.86. The van der Waals surface area contributed by atoms with Gasteiger partial charge in [-0.3, -0.25) is 9.69 Å². The molecule has 1 saturated heterocycles. The van der Waals surface area contributed by atoms with Gasteiger partial charge in [0.2, 0.25) is 5.91 Å². The molecule has 0 spiro atoms. The van der Waals surface area contributed by atoms with Crippen molar-refractivity contribution in [1.29, 1.82) is 0 Å². The monoisotopic (exact) mass is 268 g/mol. The first-order valence-corrected chi connectivity index (χ1v) is 6.39. The van der Waals surface area contributed by atoms with Crippen molar-refractivity contribution in [3.63, 3.8) is 0 Å². The Labute approximate surface area is 112 Å². The van der Waals surface area contributed by atoms with Crippen LogP contribution in [0.2, 0.25) is 5.02 Å². The third-order valence-corrected chi connectivity index (χ3v) is 3.50. The van der Waals surface area contributed by atoms with Gasteiger partial charge in [0.15, 0.2) is 0 Å². The summed E-state index contributed by atoms with van der Waals surface area (Å²) in [5.41, 5.74) is 0.793. The normalized spacial score (nSPS) is 22.1. The molecule has 5 heteroatoms. The van der Waals surface area contributed by atoms with Crippen molar-refractivity contribution in [3.8, 4) is 0 Å². The molecule has 1 unspecified atom stereocenters. The second-order valence-corrected chi connectivity index (χ2v) is 4.94. The molecule has 18 heavy (non-hydrogen) atoms. The molecule has 1 fully saturated rings. The van der Waals surface area contributed by atoms with Crippen LogP contribution in [-0.4, -0.2) is 48.7 Å². The molecule has 0 bridgehead atoms. The predicted octanol–water partition coefficient (Wildman–Crippen LogP) is 1.37. The smallest absolute Gasteiger partial charge is 0.246 e. The minimum atomic E-state index is -0.466. The number of hydrogen-bond acceptors (Lipinski definition) is 3. The van der Waals surface area contributed by atoms with E-state index < -0.39 is 6.04 Å². The third kappa shape index (κ3) is 2.66. The Morgan fingerprint density at radius 1 is 1.44 bits per heavy atom. The first-order valence-electron chi connectivity index (χ1n) is 6.01. The number of carbonyl (C=O) groups excluding carboxylic acids is 1. The average molecular weight is 269 g/mol. The van der Waals surface area contributed by atoms with Crippen LogP contribution in [0, 0.1) is 0 Å². The molecular weight excluding hydrogens is 252 g/mol. The number of benzene rings is 1. The maximum atomic E-state index is 12.4. The van der Waals surface area contributed by atoms with Crippen LogP contribution in [0.4, 0.5) is 5.69 Å². The molecule has 1 aromatic rings. The number of halogens is 1. The fourth-order valence-electron chi connectivity index (χ4n) is 2.23. The summed E-state index contributed by atoms with van der Waals surface area (Å²) in [6.07, 6.45) is 0.880. The van der Waals surface area contributed by atoms with E-state index in [9.17, 15) is 9.90 Å². The summed E-state index contributed by atoms with van der Waals surface area (Å²) in [5, 5.41) is 9.97. The van der Waals surface area contributed by atoms with Gasteiger partial charge in [0.25, 0.3) is 0 Å². The van der Waals surface area contributed by atoms with E-state index in [0.717, 1.165) is 18.7 Å². The highest BCUT2D eigenvalue weighted by Crippen LogP contribution is 2.22. The molecule has 1 amide bonds. The van der Waals surface area contributed by atoms with Crippen LogP contribution < -0.4 is 4.90 Å². The molecule has 1 aromatic carbocycles. The Bertz CT molecular complexity index is 439. The van der Waals surface area contributed by atoms with E-state index in [-0.39, 0.29) is 12.5 Å². The molecule has 1 aliphatic rings. The Morgan fingerprint density at radius 2 is 2.22 bits per heavy atom. The number of aliphatic hydroxyl groups is 1. The maximum absolute atomic E-state index is 12.4. The predicted molar refractivity (Wildman–Crippen MR) is 71.9 cm³/mol. The van der Waals surface area contributed by atoms with Crippen molar-refractivity contribution >= 4 is 23.2 Å². The van der Waals surface area contributed by atoms with Gasteiger partial charge in [0.1, 0.15) is 6.04 Å². The molecule has 4 nitrogen and oxygen atoms in total. The molecule has 2 rings (SSSR count). The van der Waals surface area contributed by atoms with Crippen LogP contribution in [0.1, 0.15) is 6.42 Å². The quantitative estimate of drug-likeness (QED) is 0.881. The summed E-state index contributed by atoms with van der Waals surface area (Å²) in [5.74, 6) is -0.0697. The van der Waals surface area contributed by atoms with Crippen LogP contribution in [0.25, 0.3) is 0 Å². The van der Waals surface area contributed by atoms with Crippen LogP contribution in [-0.2, 0) is 4.79 Å². The zero-order valence-corrected chi connectivity index (χ0v) is 11.1. The van der Waals surface area contributed by atoms with Gasteiger partial charge >= 0.3 is 0 Å². The van der Waals surface area contributed by atoms with Gasteiger partial charge in [-0.25, -0.2) is 0 Å². The third-order valence-electron chi connectivity index (χ3n) is 3.27. The van der Waals surface area contributed by atoms with Gasteiger partial charge in [0.05, 0.1) is 6.61 Å². The number of anilines is 1. The van der Waals surface area contributed by atoms with Crippen LogP contribution in [0.5, 0.6) is 0 Å². The second-order valence-electron chi connectivity index (χ2n) is 4.50. The van der Waals surface area contributed by atoms with E-state index in [0.29, 0.717) is 11.6 Å². The number of carbonyl (C=O) groups is 1. The number of likely N-dealkylation sites (N-methyl/N-ethyl adjacent to an activating group) is 1. The lowest BCUT2D eigenvalue weighted by Gasteiger charge is -2.26. The Balaban J connectivity index is 2.29. The van der Waals surface area contributed by atoms with Gasteiger partial charge < -0.3 is 10.0 Å². The molecule has 98 valence electrons. The fourth-order valence-corrected chi connectivity index (χ4v) is 2.42. The molecular formula is C13H17ClN2O2. The number of aliphatic hydroxyl groups excluding tert-OH is 1. The molecule has 1 atom stereocenters. The highest BCUT2D eigenvalue weighted by atomic mass is 35.5. The number of hydrogen-bond donors (Lipinski definition) is 1. The lowest BCUT2D eigenvalue weighted by molar-refractivity contribution is -0.123. The van der Waals surface area contributed by atoms with Gasteiger partial charge in [-0.15, -0.1) is 0 Å². The van der Waals surface area contributed by atoms with Crippen molar-refractivity contribution in [2.45, 2.75) is 12.5 Å². The standard InChI is InChI=1S/C13H17ClN2O2/c1-15-6-3-7-16(13(18)12(15)9-17)11-5-2-4-10(14)8-11/h2,4-5,8,12,17H,3,6-7,9H2,1H3. The lowest BCUT2D eigenvalue weighted by Crippen LogP contribution is -2.46. The van der Waals surface area contributed by atoms with Crippen molar-refractivity contribution in [2.24, 2.45) is 0 Å². The second kappa shape index (κ2) is 5.69. The maximum Gasteiger partial charge on any atom is 0.246 e. The first-order chi connectivity index (χ1) is 8.63. The molecule has 0 radical (unpaired) electrons. The topological polar surface area (TPSA) is 43.8 Å². The zero-order valence-electron chi connectivity index (χ0n) is 10.3. The van der Waals surface area contributed by atoms with E-state index in [4.69, 9.17) is 11.6 Å². The van der Waals surface area contributed by atoms with E-state index in [2.05, 4.69) is 0 Å². The number of amides is 1. The summed E-state index contributed by atoms with van der Waals surface area (Å²) >= 11 is 5.95. The highest BCUT2D eigenvalue weighted by molar-refractivity contribution is 6.30. The van der Waals surface area contributed by atoms with E-state index in [1.54, 1.807) is 17.0 Å². The Kier molecular flexibility index (Phi) is 4.22. The molecule has 0 aromatic heterocycles. The van der Waals surface area contributed by atoms with E-state index in [1.807, 2.05) is 24.1 Å². The summed E-state index contributed by atoms with van der Waals surface area (Å²) in [6.45, 7) is 1.29. The Hall–Kier alpha value is -1.10. The summed E-state index contributed by atoms with van der Waals surface area (Å²) in [4.78, 5) is 16.0. The highest BCUT2D eigenvalue weighted by Gasteiger charge is 2.30. The largest absolute Gasteiger partial charge is 0.394 e. The minimum Gasteiger partial charge on any atom is -0.394 e. The first kappa shape index (κ1) is 13.3. The SMILES string of the molecule is CN1CCCN(c2cccc(Cl)c2)C(=O)C1CO. The van der Waals surface area contributed by atoms with Crippen LogP contribution in [0.15, 0.2) is 24.3 Å². The van der Waals surface area contributed by atoms with Gasteiger partial charge in [-0.2, -0.15) is 0 Å². The number of nitrogens with zero attached hydrogens (tertiary/aromatic N) is 2. The minimum absolute atomic E-state index is 0.0697. The molecule has 0 saturated carbocycles. The van der Waals surface area contributed by atoms with Gasteiger partial charge in [-0.1, -0.05) is 17.7 Å².